The van der Waals surface area contributed by atoms with Crippen molar-refractivity contribution in [1.82, 2.24) is 0 Å². The summed E-state index contributed by atoms with van der Waals surface area (Å²) in [5.74, 6) is -0.534. The number of benzene rings is 1. The number of carbonyl (C=O) groups excluding carboxylic acids is 1. The molecule has 0 saturated carbocycles. The molecule has 0 aliphatic carbocycles. The Bertz CT molecular complexity index is 493. The van der Waals surface area contributed by atoms with E-state index in [4.69, 9.17) is 5.73 Å². The zero-order valence-electron chi connectivity index (χ0n) is 9.73. The number of carbonyl (C=O) groups is 1. The van der Waals surface area contributed by atoms with Crippen molar-refractivity contribution in [2.75, 3.05) is 7.11 Å². The summed E-state index contributed by atoms with van der Waals surface area (Å²) in [7, 11) is 1.24. The van der Waals surface area contributed by atoms with Gasteiger partial charge in [-0.25, -0.2) is 9.79 Å². The first-order valence-corrected chi connectivity index (χ1v) is 4.87. The first-order valence-electron chi connectivity index (χ1n) is 4.87. The van der Waals surface area contributed by atoms with E-state index in [0.29, 0.717) is 11.3 Å². The molecule has 1 rings (SSSR count). The van der Waals surface area contributed by atoms with Gasteiger partial charge in [0, 0.05) is 6.07 Å². The van der Waals surface area contributed by atoms with Crippen molar-refractivity contribution < 1.29 is 14.6 Å². The third kappa shape index (κ3) is 3.07. The van der Waals surface area contributed by atoms with E-state index in [1.165, 1.54) is 19.2 Å². The fourth-order valence-electron chi connectivity index (χ4n) is 1.11. The van der Waals surface area contributed by atoms with Crippen LogP contribution in [0.4, 0.5) is 5.69 Å². The number of phenols is 1. The molecule has 0 unspecified atom stereocenters. The second-order valence-corrected chi connectivity index (χ2v) is 3.47. The average Bonchev–Trinajstić information content (AvgIpc) is 2.28. The zero-order chi connectivity index (χ0) is 13.0. The Morgan fingerprint density at radius 3 is 2.65 bits per heavy atom. The summed E-state index contributed by atoms with van der Waals surface area (Å²) in [5.41, 5.74) is 6.75. The van der Waals surface area contributed by atoms with Crippen LogP contribution in [0.5, 0.6) is 5.75 Å². The minimum Gasteiger partial charge on any atom is -0.507 e. The number of amidine groups is 1. The van der Waals surface area contributed by atoms with Gasteiger partial charge in [0.05, 0.1) is 12.8 Å². The zero-order valence-corrected chi connectivity index (χ0v) is 9.73. The summed E-state index contributed by atoms with van der Waals surface area (Å²) in [6, 6.07) is 4.32. The van der Waals surface area contributed by atoms with Gasteiger partial charge in [-0.15, -0.1) is 0 Å². The molecule has 3 N–H and O–H groups in total. The number of hydrogen-bond donors (Lipinski definition) is 2. The lowest BCUT2D eigenvalue weighted by atomic mass is 10.2. The number of phenolic OH excluding ortho intramolecular Hbond substituents is 1. The predicted molar refractivity (Wildman–Crippen MR) is 65.5 cm³/mol. The normalized spacial score (nSPS) is 11.1. The predicted octanol–water partition coefficient (Wildman–Crippen LogP) is 1.74. The van der Waals surface area contributed by atoms with E-state index in [0.717, 1.165) is 0 Å². The number of aliphatic imine (C=N–C) groups is 1. The van der Waals surface area contributed by atoms with Gasteiger partial charge < -0.3 is 15.6 Å². The molecule has 0 aliphatic rings. The molecule has 17 heavy (non-hydrogen) atoms. The number of nitrogens with two attached hydrogens (primary N) is 1. The van der Waals surface area contributed by atoms with Crippen molar-refractivity contribution in [1.29, 1.82) is 0 Å². The Kier molecular flexibility index (Phi) is 3.87. The van der Waals surface area contributed by atoms with Gasteiger partial charge in [0.2, 0.25) is 0 Å². The summed E-state index contributed by atoms with van der Waals surface area (Å²) in [6.07, 6.45) is 0. The molecule has 0 amide bonds. The van der Waals surface area contributed by atoms with Gasteiger partial charge in [0.1, 0.15) is 17.1 Å². The van der Waals surface area contributed by atoms with Crippen LogP contribution in [0.3, 0.4) is 0 Å². The van der Waals surface area contributed by atoms with E-state index < -0.39 is 5.97 Å². The van der Waals surface area contributed by atoms with Crippen LogP contribution in [0, 0.1) is 0 Å². The maximum absolute atomic E-state index is 11.2. The Balaban J connectivity index is 3.09. The molecule has 5 heteroatoms. The minimum absolute atomic E-state index is 0.0837. The lowest BCUT2D eigenvalue weighted by molar-refractivity contribution is 0.0597. The smallest absolute Gasteiger partial charge is 0.341 e. The highest BCUT2D eigenvalue weighted by atomic mass is 16.5. The van der Waals surface area contributed by atoms with Crippen LogP contribution in [0.1, 0.15) is 17.3 Å². The monoisotopic (exact) mass is 234 g/mol. The molecule has 0 bridgehead atoms. The SMILES string of the molecule is C=C(C)C(N)=Nc1ccc(C(=O)OC)c(O)c1. The van der Waals surface area contributed by atoms with Crippen LogP contribution in [-0.4, -0.2) is 24.0 Å². The fraction of sp³-hybridized carbons (Fsp3) is 0.167. The quantitative estimate of drug-likeness (QED) is 0.474. The standard InChI is InChI=1S/C12H14N2O3/c1-7(2)11(13)14-8-4-5-9(10(15)6-8)12(16)17-3/h4-6,15H,1H2,2-3H3,(H2,13,14). The summed E-state index contributed by atoms with van der Waals surface area (Å²) < 4.78 is 4.50. The van der Waals surface area contributed by atoms with Crippen LogP contribution in [-0.2, 0) is 4.74 Å². The maximum Gasteiger partial charge on any atom is 0.341 e. The second-order valence-electron chi connectivity index (χ2n) is 3.47. The Hall–Kier alpha value is -2.30. The average molecular weight is 234 g/mol. The van der Waals surface area contributed by atoms with E-state index in [-0.39, 0.29) is 17.1 Å². The van der Waals surface area contributed by atoms with Gasteiger partial charge in [0.15, 0.2) is 0 Å². The van der Waals surface area contributed by atoms with Gasteiger partial charge in [-0.05, 0) is 24.6 Å². The molecule has 1 aromatic rings. The van der Waals surface area contributed by atoms with Crippen molar-refractivity contribution in [2.45, 2.75) is 6.92 Å². The van der Waals surface area contributed by atoms with Crippen LogP contribution in [0.25, 0.3) is 0 Å². The first-order chi connectivity index (χ1) is 7.95. The molecule has 5 nitrogen and oxygen atoms in total. The molecular weight excluding hydrogens is 220 g/mol. The largest absolute Gasteiger partial charge is 0.507 e. The maximum atomic E-state index is 11.2. The van der Waals surface area contributed by atoms with Gasteiger partial charge in [-0.2, -0.15) is 0 Å². The van der Waals surface area contributed by atoms with Crippen LogP contribution in [0.15, 0.2) is 35.3 Å². The van der Waals surface area contributed by atoms with Gasteiger partial charge >= 0.3 is 5.97 Å². The van der Waals surface area contributed by atoms with Gasteiger partial charge in [-0.1, -0.05) is 6.58 Å². The minimum atomic E-state index is -0.606. The Labute approximate surface area is 99.2 Å². The van der Waals surface area contributed by atoms with Crippen molar-refractivity contribution in [3.05, 3.63) is 35.9 Å². The number of aromatic hydroxyl groups is 1. The van der Waals surface area contributed by atoms with Crippen molar-refractivity contribution in [2.24, 2.45) is 10.7 Å². The molecular formula is C12H14N2O3. The molecule has 1 aromatic carbocycles. The van der Waals surface area contributed by atoms with E-state index in [1.807, 2.05) is 0 Å². The molecule has 0 aliphatic heterocycles. The lowest BCUT2D eigenvalue weighted by Crippen LogP contribution is -2.11. The van der Waals surface area contributed by atoms with Gasteiger partial charge in [-0.3, -0.25) is 0 Å². The molecule has 0 spiro atoms. The number of rotatable bonds is 3. The number of ether oxygens (including phenoxy) is 1. The van der Waals surface area contributed by atoms with Crippen molar-refractivity contribution in [3.8, 4) is 5.75 Å². The second kappa shape index (κ2) is 5.16. The molecule has 90 valence electrons. The molecule has 0 radical (unpaired) electrons. The van der Waals surface area contributed by atoms with Crippen LogP contribution >= 0.6 is 0 Å². The molecule has 0 heterocycles. The summed E-state index contributed by atoms with van der Waals surface area (Å²) in [6.45, 7) is 5.36. The number of methoxy groups -OCH3 is 1. The van der Waals surface area contributed by atoms with E-state index in [2.05, 4.69) is 16.3 Å². The van der Waals surface area contributed by atoms with E-state index >= 15 is 0 Å². The van der Waals surface area contributed by atoms with Gasteiger partial charge in [0.25, 0.3) is 0 Å². The number of esters is 1. The number of hydrogen-bond acceptors (Lipinski definition) is 4. The van der Waals surface area contributed by atoms with Crippen molar-refractivity contribution >= 4 is 17.5 Å². The Morgan fingerprint density at radius 2 is 2.18 bits per heavy atom. The van der Waals surface area contributed by atoms with Crippen LogP contribution in [0.2, 0.25) is 0 Å². The van der Waals surface area contributed by atoms with E-state index in [1.54, 1.807) is 13.0 Å². The summed E-state index contributed by atoms with van der Waals surface area (Å²) >= 11 is 0. The topological polar surface area (TPSA) is 84.9 Å². The summed E-state index contributed by atoms with van der Waals surface area (Å²) in [5, 5.41) is 9.61. The molecule has 0 saturated heterocycles. The highest BCUT2D eigenvalue weighted by Crippen LogP contribution is 2.24. The third-order valence-electron chi connectivity index (χ3n) is 2.07. The molecule has 0 atom stereocenters. The first kappa shape index (κ1) is 12.8. The van der Waals surface area contributed by atoms with Crippen molar-refractivity contribution in [3.63, 3.8) is 0 Å². The van der Waals surface area contributed by atoms with Crippen LogP contribution < -0.4 is 5.73 Å². The lowest BCUT2D eigenvalue weighted by Gasteiger charge is -2.04. The molecule has 0 aromatic heterocycles. The highest BCUT2D eigenvalue weighted by molar-refractivity contribution is 5.98. The van der Waals surface area contributed by atoms with E-state index in [9.17, 15) is 9.90 Å². The fourth-order valence-corrected chi connectivity index (χ4v) is 1.11. The highest BCUT2D eigenvalue weighted by Gasteiger charge is 2.11. The number of nitrogens with zero attached hydrogens (tertiary/aromatic N) is 1. The molecule has 0 fully saturated rings. The third-order valence-corrected chi connectivity index (χ3v) is 2.07. The summed E-state index contributed by atoms with van der Waals surface area (Å²) in [4.78, 5) is 15.2. The Morgan fingerprint density at radius 1 is 1.53 bits per heavy atom.